The molecule has 2 N–H and O–H groups in total. The highest BCUT2D eigenvalue weighted by atomic mass is 35.5. The highest BCUT2D eigenvalue weighted by Gasteiger charge is 2.34. The number of hydrogen-bond acceptors (Lipinski definition) is 4. The molecule has 7 nitrogen and oxygen atoms in total. The van der Waals surface area contributed by atoms with E-state index in [0.29, 0.717) is 16.4 Å². The molecule has 1 aliphatic rings. The van der Waals surface area contributed by atoms with Crippen LogP contribution in [0.3, 0.4) is 0 Å². The van der Waals surface area contributed by atoms with Gasteiger partial charge >= 0.3 is 0 Å². The van der Waals surface area contributed by atoms with Crippen LogP contribution >= 0.6 is 11.6 Å². The van der Waals surface area contributed by atoms with Crippen molar-refractivity contribution in [1.29, 1.82) is 0 Å². The number of nitrogens with two attached hydrogens (primary N) is 1. The van der Waals surface area contributed by atoms with Gasteiger partial charge in [0.25, 0.3) is 0 Å². The molecule has 0 radical (unpaired) electrons. The summed E-state index contributed by atoms with van der Waals surface area (Å²) >= 11 is 6.23. The maximum absolute atomic E-state index is 12.0. The van der Waals surface area contributed by atoms with Gasteiger partial charge in [-0.25, -0.2) is 9.67 Å². The van der Waals surface area contributed by atoms with Crippen LogP contribution in [0.2, 0.25) is 5.02 Å². The monoisotopic (exact) mass is 305 g/mol. The van der Waals surface area contributed by atoms with Crippen LogP contribution in [0.15, 0.2) is 30.9 Å². The molecular weight excluding hydrogens is 294 g/mol. The second-order valence-electron chi connectivity index (χ2n) is 4.78. The molecule has 0 aliphatic carbocycles. The molecule has 2 aromatic rings. The number of rotatable bonds is 3. The predicted octanol–water partition coefficient (Wildman–Crippen LogP) is 0.759. The molecule has 1 unspecified atom stereocenters. The van der Waals surface area contributed by atoms with E-state index in [9.17, 15) is 9.59 Å². The van der Waals surface area contributed by atoms with Gasteiger partial charge in [0.1, 0.15) is 12.7 Å². The Bertz CT molecular complexity index is 701. The van der Waals surface area contributed by atoms with Crippen molar-refractivity contribution in [1.82, 2.24) is 14.8 Å². The molecule has 1 fully saturated rings. The number of halogens is 1. The standard InChI is InChI=1S/C13H12ClN5O2/c14-10-4-9(1-2-11(10)19-7-16-6-17-19)18-5-8(13(15)21)3-12(18)20/h1-2,4,6-8H,3,5H2,(H2,15,21). The van der Waals surface area contributed by atoms with Crippen molar-refractivity contribution in [2.75, 3.05) is 11.4 Å². The number of benzene rings is 1. The van der Waals surface area contributed by atoms with E-state index in [2.05, 4.69) is 10.1 Å². The minimum atomic E-state index is -0.462. The van der Waals surface area contributed by atoms with E-state index in [1.807, 2.05) is 0 Å². The Kier molecular flexibility index (Phi) is 3.34. The molecule has 21 heavy (non-hydrogen) atoms. The largest absolute Gasteiger partial charge is 0.369 e. The molecule has 0 saturated carbocycles. The normalized spacial score (nSPS) is 18.2. The van der Waals surface area contributed by atoms with Crippen molar-refractivity contribution in [3.63, 3.8) is 0 Å². The molecule has 2 amide bonds. The van der Waals surface area contributed by atoms with Gasteiger partial charge in [-0.3, -0.25) is 9.59 Å². The Hall–Kier alpha value is -2.41. The lowest BCUT2D eigenvalue weighted by Crippen LogP contribution is -2.28. The van der Waals surface area contributed by atoms with E-state index in [1.165, 1.54) is 22.2 Å². The van der Waals surface area contributed by atoms with Crippen LogP contribution in [-0.4, -0.2) is 33.1 Å². The Morgan fingerprint density at radius 3 is 2.81 bits per heavy atom. The summed E-state index contributed by atoms with van der Waals surface area (Å²) < 4.78 is 1.53. The number of hydrogen-bond donors (Lipinski definition) is 1. The third kappa shape index (κ3) is 2.47. The zero-order valence-electron chi connectivity index (χ0n) is 10.9. The highest BCUT2D eigenvalue weighted by molar-refractivity contribution is 6.32. The summed E-state index contributed by atoms with van der Waals surface area (Å²) in [6, 6.07) is 5.17. The predicted molar refractivity (Wildman–Crippen MR) is 76.0 cm³/mol. The molecule has 3 rings (SSSR count). The lowest BCUT2D eigenvalue weighted by molar-refractivity contribution is -0.123. The van der Waals surface area contributed by atoms with Gasteiger partial charge in [-0.15, -0.1) is 0 Å². The molecular formula is C13H12ClN5O2. The minimum absolute atomic E-state index is 0.136. The lowest BCUT2D eigenvalue weighted by atomic mass is 10.1. The van der Waals surface area contributed by atoms with Gasteiger partial charge in [0.15, 0.2) is 0 Å². The van der Waals surface area contributed by atoms with Crippen LogP contribution < -0.4 is 10.6 Å². The van der Waals surface area contributed by atoms with E-state index in [1.54, 1.807) is 18.2 Å². The van der Waals surface area contributed by atoms with Crippen molar-refractivity contribution in [3.05, 3.63) is 35.9 Å². The van der Waals surface area contributed by atoms with Gasteiger partial charge in [0, 0.05) is 18.7 Å². The van der Waals surface area contributed by atoms with Gasteiger partial charge in [0.2, 0.25) is 11.8 Å². The molecule has 2 heterocycles. The van der Waals surface area contributed by atoms with E-state index >= 15 is 0 Å². The van der Waals surface area contributed by atoms with Gasteiger partial charge < -0.3 is 10.6 Å². The van der Waals surface area contributed by atoms with Crippen molar-refractivity contribution in [2.24, 2.45) is 11.7 Å². The van der Waals surface area contributed by atoms with Crippen molar-refractivity contribution in [3.8, 4) is 5.69 Å². The van der Waals surface area contributed by atoms with Gasteiger partial charge in [-0.2, -0.15) is 5.10 Å². The Morgan fingerprint density at radius 2 is 2.24 bits per heavy atom. The lowest BCUT2D eigenvalue weighted by Gasteiger charge is -2.17. The summed E-state index contributed by atoms with van der Waals surface area (Å²) in [6.07, 6.45) is 3.08. The van der Waals surface area contributed by atoms with Crippen LogP contribution in [0.1, 0.15) is 6.42 Å². The Balaban J connectivity index is 1.89. The summed E-state index contributed by atoms with van der Waals surface area (Å²) in [6.45, 7) is 0.285. The molecule has 1 aliphatic heterocycles. The quantitative estimate of drug-likeness (QED) is 0.905. The summed E-state index contributed by atoms with van der Waals surface area (Å²) in [5, 5.41) is 4.44. The van der Waals surface area contributed by atoms with Gasteiger partial charge in [0.05, 0.1) is 16.6 Å². The average Bonchev–Trinajstić information content (AvgIpc) is 3.07. The second-order valence-corrected chi connectivity index (χ2v) is 5.19. The van der Waals surface area contributed by atoms with E-state index in [4.69, 9.17) is 17.3 Å². The summed E-state index contributed by atoms with van der Waals surface area (Å²) in [4.78, 5) is 28.5. The highest BCUT2D eigenvalue weighted by Crippen LogP contribution is 2.30. The van der Waals surface area contributed by atoms with Crippen molar-refractivity contribution >= 4 is 29.1 Å². The summed E-state index contributed by atoms with van der Waals surface area (Å²) in [5.74, 6) is -1.05. The van der Waals surface area contributed by atoms with Crippen LogP contribution in [-0.2, 0) is 9.59 Å². The van der Waals surface area contributed by atoms with Crippen LogP contribution in [0.4, 0.5) is 5.69 Å². The first-order valence-corrected chi connectivity index (χ1v) is 6.68. The van der Waals surface area contributed by atoms with Crippen molar-refractivity contribution < 1.29 is 9.59 Å². The summed E-state index contributed by atoms with van der Waals surface area (Å²) in [5.41, 5.74) is 6.56. The second kappa shape index (κ2) is 5.17. The van der Waals surface area contributed by atoms with Crippen LogP contribution in [0, 0.1) is 5.92 Å². The van der Waals surface area contributed by atoms with Crippen LogP contribution in [0.5, 0.6) is 0 Å². The minimum Gasteiger partial charge on any atom is -0.369 e. The number of aromatic nitrogens is 3. The first kappa shape index (κ1) is 13.6. The summed E-state index contributed by atoms with van der Waals surface area (Å²) in [7, 11) is 0. The van der Waals surface area contributed by atoms with Crippen LogP contribution in [0.25, 0.3) is 5.69 Å². The third-order valence-corrected chi connectivity index (χ3v) is 3.74. The Labute approximate surface area is 125 Å². The van der Waals surface area contributed by atoms with E-state index in [0.717, 1.165) is 0 Å². The van der Waals surface area contributed by atoms with Gasteiger partial charge in [-0.1, -0.05) is 11.6 Å². The van der Waals surface area contributed by atoms with E-state index < -0.39 is 11.8 Å². The number of nitrogens with zero attached hydrogens (tertiary/aromatic N) is 4. The van der Waals surface area contributed by atoms with Crippen molar-refractivity contribution in [2.45, 2.75) is 6.42 Å². The zero-order valence-corrected chi connectivity index (χ0v) is 11.7. The maximum Gasteiger partial charge on any atom is 0.227 e. The smallest absolute Gasteiger partial charge is 0.227 e. The molecule has 0 spiro atoms. The topological polar surface area (TPSA) is 94.1 Å². The molecule has 108 valence electrons. The fourth-order valence-electron chi connectivity index (χ4n) is 2.33. The zero-order chi connectivity index (χ0) is 15.0. The molecule has 0 bridgehead atoms. The fourth-order valence-corrected chi connectivity index (χ4v) is 2.59. The maximum atomic E-state index is 12.0. The first-order chi connectivity index (χ1) is 10.1. The fraction of sp³-hybridized carbons (Fsp3) is 0.231. The molecule has 1 atom stereocenters. The Morgan fingerprint density at radius 1 is 1.43 bits per heavy atom. The third-order valence-electron chi connectivity index (χ3n) is 3.44. The molecule has 1 aromatic carbocycles. The average molecular weight is 306 g/mol. The molecule has 1 aromatic heterocycles. The number of amides is 2. The van der Waals surface area contributed by atoms with Gasteiger partial charge in [-0.05, 0) is 18.2 Å². The van der Waals surface area contributed by atoms with E-state index in [-0.39, 0.29) is 18.9 Å². The number of carbonyl (C=O) groups is 2. The first-order valence-electron chi connectivity index (χ1n) is 6.30. The number of anilines is 1. The number of carbonyl (C=O) groups excluding carboxylic acids is 2. The molecule has 8 heteroatoms. The number of primary amides is 1. The SMILES string of the molecule is NC(=O)C1CC(=O)N(c2ccc(-n3cncn3)c(Cl)c2)C1. The molecule has 1 saturated heterocycles.